The van der Waals surface area contributed by atoms with Gasteiger partial charge in [-0.05, 0) is 24.6 Å². The van der Waals surface area contributed by atoms with Gasteiger partial charge in [0.15, 0.2) is 0 Å². The number of nitrogens with zero attached hydrogens (tertiary/aromatic N) is 1. The highest BCUT2D eigenvalue weighted by Gasteiger charge is 2.01. The molecule has 3 nitrogen and oxygen atoms in total. The lowest BCUT2D eigenvalue weighted by molar-refractivity contribution is 0.124. The number of nitrogens with one attached hydrogen (secondary N) is 1. The van der Waals surface area contributed by atoms with Crippen LogP contribution in [0.4, 0.5) is 0 Å². The highest BCUT2D eigenvalue weighted by molar-refractivity contribution is 7.09. The average Bonchev–Trinajstić information content (AvgIpc) is 2.87. The number of thiazole rings is 1. The normalized spacial score (nSPS) is 10.9. The van der Waals surface area contributed by atoms with Crippen LogP contribution in [0.3, 0.4) is 0 Å². The van der Waals surface area contributed by atoms with E-state index in [0.29, 0.717) is 6.61 Å². The number of ether oxygens (including phenoxy) is 1. The van der Waals surface area contributed by atoms with E-state index in [1.165, 1.54) is 16.0 Å². The van der Waals surface area contributed by atoms with E-state index in [1.807, 2.05) is 5.51 Å². The second kappa shape index (κ2) is 8.15. The minimum absolute atomic E-state index is 0.678. The molecule has 0 radical (unpaired) electrons. The highest BCUT2D eigenvalue weighted by atomic mass is 32.1. The van der Waals surface area contributed by atoms with Crippen LogP contribution in [-0.4, -0.2) is 18.1 Å². The Labute approximate surface area is 125 Å². The summed E-state index contributed by atoms with van der Waals surface area (Å²) in [6.45, 7) is 7.52. The van der Waals surface area contributed by atoms with Gasteiger partial charge < -0.3 is 10.1 Å². The van der Waals surface area contributed by atoms with Crippen LogP contribution in [0.1, 0.15) is 28.6 Å². The Morgan fingerprint density at radius 2 is 2.15 bits per heavy atom. The quantitative estimate of drug-likeness (QED) is 0.757. The van der Waals surface area contributed by atoms with Gasteiger partial charge in [-0.2, -0.15) is 0 Å². The van der Waals surface area contributed by atoms with Crippen molar-refractivity contribution < 1.29 is 4.74 Å². The van der Waals surface area contributed by atoms with Gasteiger partial charge in [-0.1, -0.05) is 31.2 Å². The highest BCUT2D eigenvalue weighted by Crippen LogP contribution is 2.13. The number of rotatable bonds is 8. The topological polar surface area (TPSA) is 34.1 Å². The van der Waals surface area contributed by atoms with Gasteiger partial charge in [-0.15, -0.1) is 11.3 Å². The van der Waals surface area contributed by atoms with Gasteiger partial charge in [-0.3, -0.25) is 0 Å². The van der Waals surface area contributed by atoms with Crippen LogP contribution in [-0.2, 0) is 24.3 Å². The van der Waals surface area contributed by atoms with Crippen LogP contribution in [0.25, 0.3) is 0 Å². The molecule has 2 rings (SSSR count). The maximum Gasteiger partial charge on any atom is 0.0797 e. The average molecular weight is 290 g/mol. The predicted molar refractivity (Wildman–Crippen MR) is 84.0 cm³/mol. The molecule has 1 aromatic heterocycles. The van der Waals surface area contributed by atoms with Crippen molar-refractivity contribution in [1.29, 1.82) is 0 Å². The molecule has 0 saturated heterocycles. The molecule has 1 N–H and O–H groups in total. The second-order valence-corrected chi connectivity index (χ2v) is 5.70. The molecular formula is C16H22N2OS. The van der Waals surface area contributed by atoms with Crippen molar-refractivity contribution in [2.45, 2.75) is 33.4 Å². The van der Waals surface area contributed by atoms with Crippen LogP contribution < -0.4 is 5.32 Å². The lowest BCUT2D eigenvalue weighted by atomic mass is 10.1. The summed E-state index contributed by atoms with van der Waals surface area (Å²) < 4.78 is 5.77. The summed E-state index contributed by atoms with van der Waals surface area (Å²) in [7, 11) is 0. The summed E-state index contributed by atoms with van der Waals surface area (Å²) >= 11 is 1.71. The first-order valence-corrected chi connectivity index (χ1v) is 7.92. The van der Waals surface area contributed by atoms with Crippen LogP contribution in [0.5, 0.6) is 0 Å². The van der Waals surface area contributed by atoms with Gasteiger partial charge in [0.25, 0.3) is 0 Å². The zero-order chi connectivity index (χ0) is 14.2. The van der Waals surface area contributed by atoms with E-state index in [2.05, 4.69) is 48.4 Å². The monoisotopic (exact) mass is 290 g/mol. The third-order valence-corrected chi connectivity index (χ3v) is 4.15. The molecule has 20 heavy (non-hydrogen) atoms. The molecule has 0 aliphatic rings. The van der Waals surface area contributed by atoms with Gasteiger partial charge in [0, 0.05) is 17.8 Å². The molecule has 0 saturated carbocycles. The fourth-order valence-electron chi connectivity index (χ4n) is 2.02. The van der Waals surface area contributed by atoms with E-state index in [0.717, 1.165) is 31.8 Å². The van der Waals surface area contributed by atoms with E-state index in [9.17, 15) is 0 Å². The fraction of sp³-hybridized carbons (Fsp3) is 0.438. The Hall–Kier alpha value is -1.23. The minimum atomic E-state index is 0.678. The molecule has 0 amide bonds. The SMILES string of the molecule is CCNCc1cccc(COCCc2scnc2C)c1. The molecule has 0 unspecified atom stereocenters. The Morgan fingerprint density at radius 1 is 1.30 bits per heavy atom. The van der Waals surface area contributed by atoms with E-state index in [1.54, 1.807) is 11.3 Å². The van der Waals surface area contributed by atoms with Crippen LogP contribution in [0, 0.1) is 6.92 Å². The summed E-state index contributed by atoms with van der Waals surface area (Å²) in [5, 5.41) is 3.34. The Balaban J connectivity index is 1.75. The van der Waals surface area contributed by atoms with Crippen LogP contribution >= 0.6 is 11.3 Å². The molecule has 0 spiro atoms. The van der Waals surface area contributed by atoms with E-state index in [-0.39, 0.29) is 0 Å². The standard InChI is InChI=1S/C16H22N2OS/c1-3-17-10-14-5-4-6-15(9-14)11-19-8-7-16-13(2)18-12-20-16/h4-6,9,12,17H,3,7-8,10-11H2,1-2H3. The summed E-state index contributed by atoms with van der Waals surface area (Å²) in [5.41, 5.74) is 5.58. The van der Waals surface area contributed by atoms with E-state index >= 15 is 0 Å². The van der Waals surface area contributed by atoms with Crippen molar-refractivity contribution in [1.82, 2.24) is 10.3 Å². The number of aromatic nitrogens is 1. The van der Waals surface area contributed by atoms with Crippen molar-refractivity contribution in [2.75, 3.05) is 13.2 Å². The Morgan fingerprint density at radius 3 is 2.90 bits per heavy atom. The maximum atomic E-state index is 5.77. The van der Waals surface area contributed by atoms with Crippen molar-refractivity contribution in [3.05, 3.63) is 51.5 Å². The van der Waals surface area contributed by atoms with Crippen molar-refractivity contribution >= 4 is 11.3 Å². The predicted octanol–water partition coefficient (Wildman–Crippen LogP) is 3.32. The molecule has 0 atom stereocenters. The first-order valence-electron chi connectivity index (χ1n) is 7.05. The first-order chi connectivity index (χ1) is 9.79. The molecule has 1 heterocycles. The summed E-state index contributed by atoms with van der Waals surface area (Å²) in [6, 6.07) is 8.57. The van der Waals surface area contributed by atoms with Crippen molar-refractivity contribution in [2.24, 2.45) is 0 Å². The molecule has 1 aromatic carbocycles. The number of aryl methyl sites for hydroxylation is 1. The van der Waals surface area contributed by atoms with E-state index in [4.69, 9.17) is 4.74 Å². The van der Waals surface area contributed by atoms with E-state index < -0.39 is 0 Å². The summed E-state index contributed by atoms with van der Waals surface area (Å²) in [6.07, 6.45) is 0.952. The number of benzene rings is 1. The molecule has 0 aliphatic carbocycles. The third kappa shape index (κ3) is 4.71. The zero-order valence-electron chi connectivity index (χ0n) is 12.2. The largest absolute Gasteiger partial charge is 0.376 e. The van der Waals surface area contributed by atoms with Gasteiger partial charge in [-0.25, -0.2) is 4.98 Å². The Bertz CT molecular complexity index is 525. The minimum Gasteiger partial charge on any atom is -0.376 e. The fourth-order valence-corrected chi connectivity index (χ4v) is 2.78. The Kier molecular flexibility index (Phi) is 6.18. The summed E-state index contributed by atoms with van der Waals surface area (Å²) in [5.74, 6) is 0. The zero-order valence-corrected chi connectivity index (χ0v) is 13.0. The smallest absolute Gasteiger partial charge is 0.0797 e. The maximum absolute atomic E-state index is 5.77. The molecule has 2 aromatic rings. The molecule has 4 heteroatoms. The lowest BCUT2D eigenvalue weighted by Crippen LogP contribution is -2.11. The van der Waals surface area contributed by atoms with Gasteiger partial charge in [0.2, 0.25) is 0 Å². The number of hydrogen-bond donors (Lipinski definition) is 1. The van der Waals surface area contributed by atoms with Crippen LogP contribution in [0.15, 0.2) is 29.8 Å². The number of hydrogen-bond acceptors (Lipinski definition) is 4. The molecular weight excluding hydrogens is 268 g/mol. The van der Waals surface area contributed by atoms with Gasteiger partial charge in [0.1, 0.15) is 0 Å². The van der Waals surface area contributed by atoms with Gasteiger partial charge >= 0.3 is 0 Å². The molecule has 108 valence electrons. The summed E-state index contributed by atoms with van der Waals surface area (Å²) in [4.78, 5) is 5.57. The van der Waals surface area contributed by atoms with Gasteiger partial charge in [0.05, 0.1) is 24.4 Å². The molecule has 0 bridgehead atoms. The lowest BCUT2D eigenvalue weighted by Gasteiger charge is -2.07. The third-order valence-electron chi connectivity index (χ3n) is 3.16. The van der Waals surface area contributed by atoms with Crippen molar-refractivity contribution in [3.8, 4) is 0 Å². The van der Waals surface area contributed by atoms with Crippen molar-refractivity contribution in [3.63, 3.8) is 0 Å². The molecule has 0 aliphatic heterocycles. The second-order valence-electron chi connectivity index (χ2n) is 4.76. The molecule has 0 fully saturated rings. The first kappa shape index (κ1) is 15.2. The van der Waals surface area contributed by atoms with Crippen LogP contribution in [0.2, 0.25) is 0 Å².